The highest BCUT2D eigenvalue weighted by Crippen LogP contribution is 2.40. The fourth-order valence-electron chi connectivity index (χ4n) is 6.66. The van der Waals surface area contributed by atoms with Crippen LogP contribution < -0.4 is 5.32 Å². The summed E-state index contributed by atoms with van der Waals surface area (Å²) in [6.07, 6.45) is 7.42. The van der Waals surface area contributed by atoms with Crippen molar-refractivity contribution in [3.8, 4) is 17.2 Å². The van der Waals surface area contributed by atoms with Crippen LogP contribution in [0, 0.1) is 30.1 Å². The number of hydrogen-bond acceptors (Lipinski definition) is 6. The van der Waals surface area contributed by atoms with Crippen LogP contribution in [-0.2, 0) is 9.53 Å². The van der Waals surface area contributed by atoms with Gasteiger partial charge in [-0.05, 0) is 85.0 Å². The molecule has 1 N–H and O–H groups in total. The predicted molar refractivity (Wildman–Crippen MR) is 188 cm³/mol. The smallest absolute Gasteiger partial charge is 0.230 e. The van der Waals surface area contributed by atoms with Crippen molar-refractivity contribution in [2.24, 2.45) is 16.8 Å². The summed E-state index contributed by atoms with van der Waals surface area (Å²) < 4.78 is 8.08. The number of anilines is 1. The zero-order valence-corrected chi connectivity index (χ0v) is 26.6. The number of ether oxygens (including phenoxy) is 1. The van der Waals surface area contributed by atoms with Crippen molar-refractivity contribution in [3.63, 3.8) is 0 Å². The number of benzene rings is 4. The van der Waals surface area contributed by atoms with Gasteiger partial charge in [-0.15, -0.1) is 0 Å². The molecule has 0 radical (unpaired) electrons. The van der Waals surface area contributed by atoms with E-state index in [4.69, 9.17) is 14.8 Å². The molecule has 8 nitrogen and oxygen atoms in total. The Labute approximate surface area is 278 Å². The molecular weight excluding hydrogens is 596 g/mol. The lowest BCUT2D eigenvalue weighted by Crippen LogP contribution is -2.18. The third kappa shape index (κ3) is 5.74. The number of aromatic nitrogens is 3. The summed E-state index contributed by atoms with van der Waals surface area (Å²) in [5.41, 5.74) is 7.87. The second-order valence-corrected chi connectivity index (χ2v) is 12.7. The van der Waals surface area contributed by atoms with E-state index in [9.17, 15) is 10.1 Å². The number of fused-ring (bicyclic) bond motifs is 2. The van der Waals surface area contributed by atoms with Crippen molar-refractivity contribution >= 4 is 44.8 Å². The summed E-state index contributed by atoms with van der Waals surface area (Å²) in [5, 5.41) is 19.7. The third-order valence-corrected chi connectivity index (χ3v) is 9.37. The molecule has 0 bridgehead atoms. The highest BCUT2D eigenvalue weighted by Gasteiger charge is 2.43. The maximum atomic E-state index is 12.8. The molecule has 1 aliphatic heterocycles. The van der Waals surface area contributed by atoms with Gasteiger partial charge in [0.05, 0.1) is 41.0 Å². The van der Waals surface area contributed by atoms with E-state index >= 15 is 0 Å². The Bertz CT molecular complexity index is 2190. The molecular formula is C40H34N6O2. The number of pyridine rings is 1. The van der Waals surface area contributed by atoms with Crippen LogP contribution in [0.3, 0.4) is 0 Å². The van der Waals surface area contributed by atoms with Crippen LogP contribution in [0.25, 0.3) is 32.8 Å². The molecule has 2 fully saturated rings. The zero-order chi connectivity index (χ0) is 32.6. The number of carbonyl (C=O) groups is 1. The summed E-state index contributed by atoms with van der Waals surface area (Å²) in [7, 11) is 0. The minimum atomic E-state index is -0.285. The van der Waals surface area contributed by atoms with E-state index in [1.807, 2.05) is 53.3 Å². The molecule has 1 aliphatic carbocycles. The van der Waals surface area contributed by atoms with Gasteiger partial charge in [0.2, 0.25) is 5.91 Å². The van der Waals surface area contributed by atoms with Gasteiger partial charge in [0.1, 0.15) is 5.82 Å². The van der Waals surface area contributed by atoms with Gasteiger partial charge >= 0.3 is 0 Å². The largest absolute Gasteiger partial charge is 0.356 e. The summed E-state index contributed by atoms with van der Waals surface area (Å²) in [6.45, 7) is 2.88. The average molecular weight is 631 g/mol. The van der Waals surface area contributed by atoms with Gasteiger partial charge in [-0.2, -0.15) is 10.4 Å². The monoisotopic (exact) mass is 630 g/mol. The van der Waals surface area contributed by atoms with Gasteiger partial charge in [0.15, 0.2) is 6.23 Å². The van der Waals surface area contributed by atoms with Crippen LogP contribution in [-0.4, -0.2) is 33.0 Å². The molecule has 236 valence electrons. The number of aliphatic imine (C=N–C) groups is 1. The second-order valence-electron chi connectivity index (χ2n) is 12.7. The number of nitrogens with zero attached hydrogens (tertiary/aromatic N) is 5. The molecule has 2 aromatic heterocycles. The van der Waals surface area contributed by atoms with Crippen molar-refractivity contribution in [1.82, 2.24) is 14.8 Å². The van der Waals surface area contributed by atoms with Crippen molar-refractivity contribution in [2.45, 2.75) is 38.8 Å². The van der Waals surface area contributed by atoms with Crippen molar-refractivity contribution < 1.29 is 9.53 Å². The number of aryl methyl sites for hydroxylation is 1. The molecule has 4 aromatic carbocycles. The van der Waals surface area contributed by atoms with E-state index in [1.54, 1.807) is 6.20 Å². The van der Waals surface area contributed by atoms with E-state index < -0.39 is 0 Å². The maximum absolute atomic E-state index is 12.8. The molecule has 1 amide bonds. The lowest BCUT2D eigenvalue weighted by molar-refractivity contribution is -0.117. The number of nitriles is 1. The van der Waals surface area contributed by atoms with Gasteiger partial charge in [-0.25, -0.2) is 14.7 Å². The standard InChI is InChI=1S/C40H34N6O2/c1-25-16-36-31(23-43-46(36)38-14-8-9-15-48-38)19-32(25)28-17-29-21-37(45-40(47)33-18-30(33)22-41)42-24-34(29)35(20-28)44-39(26-10-4-2-5-11-26)27-12-6-3-7-13-27/h2-7,10-13,16-17,19-21,23-24,30,33,38H,8-9,14-15,18H2,1H3,(H,42,45,47). The van der Waals surface area contributed by atoms with E-state index in [-0.39, 0.29) is 24.0 Å². The van der Waals surface area contributed by atoms with Crippen molar-refractivity contribution in [2.75, 3.05) is 11.9 Å². The van der Waals surface area contributed by atoms with E-state index in [0.717, 1.165) is 86.8 Å². The fraction of sp³-hybridized carbons (Fsp3) is 0.225. The molecule has 2 aliphatic rings. The first-order valence-electron chi connectivity index (χ1n) is 16.5. The first-order chi connectivity index (χ1) is 23.6. The lowest BCUT2D eigenvalue weighted by atomic mass is 9.95. The van der Waals surface area contributed by atoms with Gasteiger partial charge in [-0.1, -0.05) is 60.7 Å². The molecule has 6 aromatic rings. The number of nitrogens with one attached hydrogen (secondary N) is 1. The average Bonchev–Trinajstić information content (AvgIpc) is 3.82. The topological polar surface area (TPSA) is 105 Å². The molecule has 3 heterocycles. The van der Waals surface area contributed by atoms with Gasteiger partial charge in [0, 0.05) is 34.7 Å². The Hall–Kier alpha value is -5.65. The molecule has 0 spiro atoms. The molecule has 8 rings (SSSR count). The zero-order valence-electron chi connectivity index (χ0n) is 26.6. The highest BCUT2D eigenvalue weighted by atomic mass is 16.5. The van der Waals surface area contributed by atoms with Crippen LogP contribution in [0.1, 0.15) is 48.6 Å². The Morgan fingerprint density at radius 2 is 1.73 bits per heavy atom. The van der Waals surface area contributed by atoms with Crippen molar-refractivity contribution in [1.29, 1.82) is 5.26 Å². The van der Waals surface area contributed by atoms with E-state index in [2.05, 4.69) is 71.8 Å². The number of hydrogen-bond donors (Lipinski definition) is 1. The summed E-state index contributed by atoms with van der Waals surface area (Å²) in [4.78, 5) is 22.8. The van der Waals surface area contributed by atoms with Gasteiger partial charge in [0.25, 0.3) is 0 Å². The number of rotatable bonds is 7. The maximum Gasteiger partial charge on any atom is 0.230 e. The van der Waals surface area contributed by atoms with Gasteiger partial charge < -0.3 is 10.1 Å². The Morgan fingerprint density at radius 1 is 0.958 bits per heavy atom. The number of amides is 1. The van der Waals surface area contributed by atoms with E-state index in [0.29, 0.717) is 12.2 Å². The van der Waals surface area contributed by atoms with Crippen LogP contribution in [0.5, 0.6) is 0 Å². The first kappa shape index (κ1) is 29.7. The molecule has 1 saturated heterocycles. The summed E-state index contributed by atoms with van der Waals surface area (Å²) in [6, 6.07) is 33.1. The quantitative estimate of drug-likeness (QED) is 0.178. The number of carbonyl (C=O) groups excluding carboxylic acids is 1. The Kier molecular flexibility index (Phi) is 7.75. The van der Waals surface area contributed by atoms with E-state index in [1.165, 1.54) is 0 Å². The minimum absolute atomic E-state index is 0.0438. The minimum Gasteiger partial charge on any atom is -0.356 e. The fourth-order valence-corrected chi connectivity index (χ4v) is 6.66. The molecule has 1 saturated carbocycles. The summed E-state index contributed by atoms with van der Waals surface area (Å²) in [5.74, 6) is -0.221. The lowest BCUT2D eigenvalue weighted by Gasteiger charge is -2.23. The normalized spacial score (nSPS) is 18.7. The molecule has 48 heavy (non-hydrogen) atoms. The second kappa shape index (κ2) is 12.5. The van der Waals surface area contributed by atoms with Crippen LogP contribution >= 0.6 is 0 Å². The SMILES string of the molecule is Cc1cc2c(cnn2C2CCCCO2)cc1-c1cc(N=C(c2ccccc2)c2ccccc2)c2cnc(NC(=O)C3CC3C#N)cc2c1. The molecule has 3 atom stereocenters. The Balaban J connectivity index is 1.28. The third-order valence-electron chi connectivity index (χ3n) is 9.37. The van der Waals surface area contributed by atoms with Crippen LogP contribution in [0.15, 0.2) is 108 Å². The first-order valence-corrected chi connectivity index (χ1v) is 16.5. The van der Waals surface area contributed by atoms with Crippen LogP contribution in [0.4, 0.5) is 11.5 Å². The predicted octanol–water partition coefficient (Wildman–Crippen LogP) is 8.53. The van der Waals surface area contributed by atoms with Gasteiger partial charge in [-0.3, -0.25) is 4.79 Å². The summed E-state index contributed by atoms with van der Waals surface area (Å²) >= 11 is 0. The highest BCUT2D eigenvalue weighted by molar-refractivity contribution is 6.15. The Morgan fingerprint density at radius 3 is 2.42 bits per heavy atom. The van der Waals surface area contributed by atoms with Crippen molar-refractivity contribution in [3.05, 3.63) is 120 Å². The molecule has 8 heteroatoms. The van der Waals surface area contributed by atoms with Crippen LogP contribution in [0.2, 0.25) is 0 Å². The molecule has 3 unspecified atom stereocenters.